The summed E-state index contributed by atoms with van der Waals surface area (Å²) in [6.07, 6.45) is 0.329. The largest absolute Gasteiger partial charge is 0.348 e. The van der Waals surface area contributed by atoms with Crippen LogP contribution in [0.25, 0.3) is 0 Å². The number of nitrogens with zero attached hydrogens (tertiary/aromatic N) is 1. The summed E-state index contributed by atoms with van der Waals surface area (Å²) < 4.78 is 5.27. The second-order valence-electron chi connectivity index (χ2n) is 2.15. The minimum absolute atomic E-state index is 0.0880. The summed E-state index contributed by atoms with van der Waals surface area (Å²) in [7, 11) is 0. The normalized spacial score (nSPS) is 37.6. The number of hydrogen-bond donors (Lipinski definition) is 0. The van der Waals surface area contributed by atoms with E-state index in [2.05, 4.69) is 4.99 Å². The van der Waals surface area contributed by atoms with Gasteiger partial charge in [0.25, 0.3) is 0 Å². The monoisotopic (exact) mass is 113 g/mol. The third-order valence-electron chi connectivity index (χ3n) is 1.37. The van der Waals surface area contributed by atoms with Crippen LogP contribution < -0.4 is 0 Å². The van der Waals surface area contributed by atoms with Gasteiger partial charge in [-0.2, -0.15) is 0 Å². The molecule has 1 aliphatic rings. The molecule has 0 aromatic heterocycles. The maximum Gasteiger partial charge on any atom is 0.146 e. The van der Waals surface area contributed by atoms with Gasteiger partial charge in [-0.1, -0.05) is 0 Å². The van der Waals surface area contributed by atoms with E-state index in [1.807, 2.05) is 20.8 Å². The van der Waals surface area contributed by atoms with Gasteiger partial charge in [-0.3, -0.25) is 4.99 Å². The number of rotatable bonds is 0. The molecule has 0 aromatic carbocycles. The van der Waals surface area contributed by atoms with Crippen LogP contribution in [-0.2, 0) is 4.74 Å². The van der Waals surface area contributed by atoms with Crippen molar-refractivity contribution in [3.05, 3.63) is 0 Å². The Hall–Kier alpha value is -0.370. The van der Waals surface area contributed by atoms with Crippen LogP contribution in [0.1, 0.15) is 20.8 Å². The summed E-state index contributed by atoms with van der Waals surface area (Å²) in [5.41, 5.74) is 1.11. The van der Waals surface area contributed by atoms with Crippen LogP contribution in [0.4, 0.5) is 0 Å². The molecule has 2 unspecified atom stereocenters. The SMILES string of the molecule is CC1=NC(C)OC1C. The molecule has 0 fully saturated rings. The molecule has 2 nitrogen and oxygen atoms in total. The second kappa shape index (κ2) is 1.86. The quantitative estimate of drug-likeness (QED) is 0.462. The van der Waals surface area contributed by atoms with Crippen molar-refractivity contribution in [3.8, 4) is 0 Å². The number of ether oxygens (including phenoxy) is 1. The third kappa shape index (κ3) is 0.892. The molecule has 1 heterocycles. The fraction of sp³-hybridized carbons (Fsp3) is 0.833. The molecule has 0 aromatic rings. The average molecular weight is 113 g/mol. The standard InChI is InChI=1S/C6H11NO/c1-4-5(2)8-6(3)7-4/h5-6H,1-3H3. The molecule has 46 valence electrons. The fourth-order valence-corrected chi connectivity index (χ4v) is 0.816. The van der Waals surface area contributed by atoms with Crippen molar-refractivity contribution in [3.63, 3.8) is 0 Å². The van der Waals surface area contributed by atoms with Crippen molar-refractivity contribution in [2.24, 2.45) is 4.99 Å². The van der Waals surface area contributed by atoms with Gasteiger partial charge < -0.3 is 4.74 Å². The predicted molar refractivity (Wildman–Crippen MR) is 33.1 cm³/mol. The van der Waals surface area contributed by atoms with E-state index >= 15 is 0 Å². The van der Waals surface area contributed by atoms with Gasteiger partial charge in [-0.25, -0.2) is 0 Å². The molecular weight excluding hydrogens is 102 g/mol. The molecule has 0 saturated carbocycles. The van der Waals surface area contributed by atoms with E-state index in [0.717, 1.165) is 5.71 Å². The van der Waals surface area contributed by atoms with Crippen molar-refractivity contribution in [1.29, 1.82) is 0 Å². The Bertz CT molecular complexity index is 120. The first-order valence-corrected chi connectivity index (χ1v) is 2.90. The Morgan fingerprint density at radius 3 is 2.25 bits per heavy atom. The lowest BCUT2D eigenvalue weighted by Crippen LogP contribution is -2.11. The van der Waals surface area contributed by atoms with Crippen LogP contribution >= 0.6 is 0 Å². The van der Waals surface area contributed by atoms with Gasteiger partial charge in [0.05, 0.1) is 6.10 Å². The molecule has 0 bridgehead atoms. The average Bonchev–Trinajstić information content (AvgIpc) is 1.85. The van der Waals surface area contributed by atoms with E-state index in [4.69, 9.17) is 4.74 Å². The lowest BCUT2D eigenvalue weighted by molar-refractivity contribution is 0.0723. The van der Waals surface area contributed by atoms with E-state index in [1.165, 1.54) is 0 Å². The molecule has 0 N–H and O–H groups in total. The van der Waals surface area contributed by atoms with Crippen LogP contribution in [0.3, 0.4) is 0 Å². The van der Waals surface area contributed by atoms with Crippen LogP contribution in [0.2, 0.25) is 0 Å². The highest BCUT2D eigenvalue weighted by Gasteiger charge is 2.16. The summed E-state index contributed by atoms with van der Waals surface area (Å²) in [6, 6.07) is 0. The van der Waals surface area contributed by atoms with Crippen molar-refractivity contribution in [1.82, 2.24) is 0 Å². The molecule has 0 saturated heterocycles. The molecular formula is C6H11NO. The Morgan fingerprint density at radius 1 is 1.50 bits per heavy atom. The molecule has 0 radical (unpaired) electrons. The highest BCUT2D eigenvalue weighted by molar-refractivity contribution is 5.87. The first-order chi connectivity index (χ1) is 3.70. The molecule has 1 aliphatic heterocycles. The molecule has 1 rings (SSSR count). The van der Waals surface area contributed by atoms with Gasteiger partial charge in [0.2, 0.25) is 0 Å². The highest BCUT2D eigenvalue weighted by atomic mass is 16.5. The van der Waals surface area contributed by atoms with Crippen LogP contribution in [-0.4, -0.2) is 18.0 Å². The first-order valence-electron chi connectivity index (χ1n) is 2.90. The topological polar surface area (TPSA) is 21.6 Å². The minimum Gasteiger partial charge on any atom is -0.348 e. The van der Waals surface area contributed by atoms with Crippen molar-refractivity contribution in [2.45, 2.75) is 33.1 Å². The maximum absolute atomic E-state index is 5.27. The van der Waals surface area contributed by atoms with Crippen molar-refractivity contribution in [2.75, 3.05) is 0 Å². The summed E-state index contributed by atoms with van der Waals surface area (Å²) in [4.78, 5) is 4.16. The van der Waals surface area contributed by atoms with Gasteiger partial charge in [0.1, 0.15) is 6.23 Å². The van der Waals surface area contributed by atoms with Crippen molar-refractivity contribution < 1.29 is 4.74 Å². The summed E-state index contributed by atoms with van der Waals surface area (Å²) in [5, 5.41) is 0. The first kappa shape index (κ1) is 5.76. The number of aliphatic imine (C=N–C) groups is 1. The predicted octanol–water partition coefficient (Wildman–Crippen LogP) is 1.21. The lowest BCUT2D eigenvalue weighted by Gasteiger charge is -2.01. The molecule has 8 heavy (non-hydrogen) atoms. The number of hydrogen-bond acceptors (Lipinski definition) is 2. The Kier molecular flexibility index (Phi) is 1.34. The molecule has 0 aliphatic carbocycles. The van der Waals surface area contributed by atoms with E-state index in [1.54, 1.807) is 0 Å². The summed E-state index contributed by atoms with van der Waals surface area (Å²) >= 11 is 0. The maximum atomic E-state index is 5.27. The van der Waals surface area contributed by atoms with Crippen LogP contribution in [0, 0.1) is 0 Å². The van der Waals surface area contributed by atoms with Crippen LogP contribution in [0.15, 0.2) is 4.99 Å². The molecule has 2 heteroatoms. The highest BCUT2D eigenvalue weighted by Crippen LogP contribution is 2.09. The van der Waals surface area contributed by atoms with Gasteiger partial charge >= 0.3 is 0 Å². The summed E-state index contributed by atoms with van der Waals surface area (Å²) in [5.74, 6) is 0. The van der Waals surface area contributed by atoms with E-state index in [0.29, 0.717) is 0 Å². The van der Waals surface area contributed by atoms with Gasteiger partial charge in [0.15, 0.2) is 0 Å². The Labute approximate surface area is 49.6 Å². The zero-order chi connectivity index (χ0) is 6.15. The van der Waals surface area contributed by atoms with E-state index < -0.39 is 0 Å². The lowest BCUT2D eigenvalue weighted by atomic mass is 10.3. The van der Waals surface area contributed by atoms with Gasteiger partial charge in [-0.15, -0.1) is 0 Å². The Balaban J connectivity index is 2.59. The van der Waals surface area contributed by atoms with Gasteiger partial charge in [0, 0.05) is 5.71 Å². The molecule has 2 atom stereocenters. The van der Waals surface area contributed by atoms with E-state index in [9.17, 15) is 0 Å². The fourth-order valence-electron chi connectivity index (χ4n) is 0.816. The molecule has 0 amide bonds. The second-order valence-corrected chi connectivity index (χ2v) is 2.15. The Morgan fingerprint density at radius 2 is 2.12 bits per heavy atom. The molecule has 0 spiro atoms. The zero-order valence-electron chi connectivity index (χ0n) is 5.51. The summed E-state index contributed by atoms with van der Waals surface area (Å²) in [6.45, 7) is 5.96. The van der Waals surface area contributed by atoms with E-state index in [-0.39, 0.29) is 12.3 Å². The minimum atomic E-state index is 0.0880. The zero-order valence-corrected chi connectivity index (χ0v) is 5.51. The van der Waals surface area contributed by atoms with Crippen LogP contribution in [0.5, 0.6) is 0 Å². The van der Waals surface area contributed by atoms with Crippen molar-refractivity contribution >= 4 is 5.71 Å². The third-order valence-corrected chi connectivity index (χ3v) is 1.37. The van der Waals surface area contributed by atoms with Gasteiger partial charge in [-0.05, 0) is 20.8 Å². The smallest absolute Gasteiger partial charge is 0.146 e.